The number of carbonyl (C=O) groups is 3. The van der Waals surface area contributed by atoms with Crippen molar-refractivity contribution in [2.24, 2.45) is 0 Å². The van der Waals surface area contributed by atoms with E-state index in [0.717, 1.165) is 18.2 Å². The second kappa shape index (κ2) is 7.94. The van der Waals surface area contributed by atoms with E-state index < -0.39 is 18.2 Å². The molecule has 0 aliphatic rings. The number of hydrogen-bond acceptors (Lipinski definition) is 4. The molecule has 0 heterocycles. The molecule has 0 N–H and O–H groups in total. The molecule has 0 aliphatic carbocycles. The van der Waals surface area contributed by atoms with Gasteiger partial charge in [-0.25, -0.2) is 4.79 Å². The average molecular weight is 286 g/mol. The summed E-state index contributed by atoms with van der Waals surface area (Å²) < 4.78 is 4.31. The molecule has 1 rings (SSSR count). The monoisotopic (exact) mass is 286 g/mol. The van der Waals surface area contributed by atoms with Crippen LogP contribution in [0.25, 0.3) is 12.2 Å². The zero-order valence-electron chi connectivity index (χ0n) is 12.2. The molecule has 0 aliphatic heterocycles. The van der Waals surface area contributed by atoms with Crippen molar-refractivity contribution >= 4 is 29.7 Å². The van der Waals surface area contributed by atoms with Crippen LogP contribution in [0, 0.1) is 0 Å². The molecule has 0 radical (unpaired) electrons. The largest absolute Gasteiger partial charge is 0.463 e. The number of hydrogen-bond donors (Lipinski definition) is 0. The molecule has 110 valence electrons. The highest BCUT2D eigenvalue weighted by Gasteiger charge is 2.20. The van der Waals surface area contributed by atoms with Gasteiger partial charge in [0.25, 0.3) is 0 Å². The maximum Gasteiger partial charge on any atom is 0.374 e. The van der Waals surface area contributed by atoms with E-state index >= 15 is 0 Å². The van der Waals surface area contributed by atoms with Crippen LogP contribution < -0.4 is 0 Å². The van der Waals surface area contributed by atoms with Crippen LogP contribution in [-0.4, -0.2) is 24.6 Å². The van der Waals surface area contributed by atoms with Gasteiger partial charge in [-0.1, -0.05) is 43.8 Å². The Balaban J connectivity index is 2.99. The van der Waals surface area contributed by atoms with Gasteiger partial charge in [-0.05, 0) is 29.2 Å². The average Bonchev–Trinajstić information content (AvgIpc) is 2.51. The maximum atomic E-state index is 12.1. The number of rotatable bonds is 7. The molecular weight excluding hydrogens is 268 g/mol. The summed E-state index contributed by atoms with van der Waals surface area (Å²) in [6, 6.07) is 7.48. The molecule has 0 saturated heterocycles. The first-order valence-electron chi connectivity index (χ1n) is 6.59. The third-order valence-electron chi connectivity index (χ3n) is 3.02. The Morgan fingerprint density at radius 1 is 1.14 bits per heavy atom. The van der Waals surface area contributed by atoms with Crippen molar-refractivity contribution < 1.29 is 19.1 Å². The molecule has 4 nitrogen and oxygen atoms in total. The van der Waals surface area contributed by atoms with Crippen molar-refractivity contribution in [1.82, 2.24) is 0 Å². The van der Waals surface area contributed by atoms with Gasteiger partial charge in [-0.15, -0.1) is 0 Å². The van der Waals surface area contributed by atoms with E-state index in [4.69, 9.17) is 0 Å². The number of carbonyl (C=O) groups excluding carboxylic acids is 3. The first-order chi connectivity index (χ1) is 10.0. The van der Waals surface area contributed by atoms with Crippen molar-refractivity contribution in [2.45, 2.75) is 19.8 Å². The van der Waals surface area contributed by atoms with Crippen LogP contribution >= 0.6 is 0 Å². The summed E-state index contributed by atoms with van der Waals surface area (Å²) in [6.07, 6.45) is 3.43. The van der Waals surface area contributed by atoms with Gasteiger partial charge in [0.1, 0.15) is 0 Å². The predicted octanol–water partition coefficient (Wildman–Crippen LogP) is 2.82. The Morgan fingerprint density at radius 2 is 1.76 bits per heavy atom. The van der Waals surface area contributed by atoms with E-state index in [2.05, 4.69) is 11.3 Å². The van der Waals surface area contributed by atoms with E-state index in [-0.39, 0.29) is 5.78 Å². The van der Waals surface area contributed by atoms with Crippen LogP contribution in [0.15, 0.2) is 36.4 Å². The number of ketones is 2. The summed E-state index contributed by atoms with van der Waals surface area (Å²) in [5.74, 6) is -2.20. The number of methoxy groups -OCH3 is 1. The fourth-order valence-electron chi connectivity index (χ4n) is 1.84. The molecular formula is C17H18O4. The quantitative estimate of drug-likeness (QED) is 0.335. The lowest BCUT2D eigenvalue weighted by atomic mass is 9.98. The Bertz CT molecular complexity index is 597. The van der Waals surface area contributed by atoms with Crippen molar-refractivity contribution in [2.75, 3.05) is 7.11 Å². The summed E-state index contributed by atoms with van der Waals surface area (Å²) in [5.41, 5.74) is 2.24. The van der Waals surface area contributed by atoms with Crippen molar-refractivity contribution in [3.63, 3.8) is 0 Å². The summed E-state index contributed by atoms with van der Waals surface area (Å²) in [6.45, 7) is 5.55. The fourth-order valence-corrected chi connectivity index (χ4v) is 1.84. The molecule has 0 atom stereocenters. The first-order valence-corrected chi connectivity index (χ1v) is 6.59. The number of benzene rings is 1. The Kier molecular flexibility index (Phi) is 6.27. The lowest BCUT2D eigenvalue weighted by molar-refractivity contribution is -0.152. The van der Waals surface area contributed by atoms with Gasteiger partial charge < -0.3 is 4.74 Å². The fraction of sp³-hybridized carbons (Fsp3) is 0.235. The molecule has 0 bridgehead atoms. The molecule has 0 fully saturated rings. The minimum atomic E-state index is -0.995. The number of allylic oxidation sites excluding steroid dienone is 1. The molecule has 21 heavy (non-hydrogen) atoms. The SMILES string of the molecule is C=Cc1ccccc1/C=C(\CC)C(=O)CC(=O)C(=O)OC. The highest BCUT2D eigenvalue weighted by molar-refractivity contribution is 6.38. The van der Waals surface area contributed by atoms with Gasteiger partial charge in [0, 0.05) is 0 Å². The van der Waals surface area contributed by atoms with Crippen LogP contribution in [0.2, 0.25) is 0 Å². The van der Waals surface area contributed by atoms with Crippen LogP contribution in [0.3, 0.4) is 0 Å². The van der Waals surface area contributed by atoms with Crippen molar-refractivity contribution in [1.29, 1.82) is 0 Å². The van der Waals surface area contributed by atoms with Gasteiger partial charge in [-0.3, -0.25) is 9.59 Å². The second-order valence-electron chi connectivity index (χ2n) is 4.37. The van der Waals surface area contributed by atoms with Gasteiger partial charge in [0.2, 0.25) is 5.78 Å². The van der Waals surface area contributed by atoms with Crippen LogP contribution in [0.4, 0.5) is 0 Å². The van der Waals surface area contributed by atoms with E-state index in [1.807, 2.05) is 31.2 Å². The second-order valence-corrected chi connectivity index (χ2v) is 4.37. The first kappa shape index (κ1) is 16.6. The predicted molar refractivity (Wildman–Crippen MR) is 81.4 cm³/mol. The molecule has 0 saturated carbocycles. The molecule has 0 unspecified atom stereocenters. The summed E-state index contributed by atoms with van der Waals surface area (Å²) in [5, 5.41) is 0. The van der Waals surface area contributed by atoms with Crippen molar-refractivity contribution in [3.05, 3.63) is 47.5 Å². The van der Waals surface area contributed by atoms with Crippen LogP contribution in [0.5, 0.6) is 0 Å². The third kappa shape index (κ3) is 4.53. The van der Waals surface area contributed by atoms with Gasteiger partial charge in [0.05, 0.1) is 13.5 Å². The van der Waals surface area contributed by atoms with E-state index in [0.29, 0.717) is 12.0 Å². The van der Waals surface area contributed by atoms with Crippen molar-refractivity contribution in [3.8, 4) is 0 Å². The molecule has 0 aromatic heterocycles. The normalized spacial score (nSPS) is 10.9. The van der Waals surface area contributed by atoms with Gasteiger partial charge in [-0.2, -0.15) is 0 Å². The molecule has 1 aromatic carbocycles. The zero-order valence-corrected chi connectivity index (χ0v) is 12.2. The third-order valence-corrected chi connectivity index (χ3v) is 3.02. The standard InChI is InChI=1S/C17H18O4/c1-4-12-8-6-7-9-14(12)10-13(5-2)15(18)11-16(19)17(20)21-3/h4,6-10H,1,5,11H2,2-3H3/b13-10+. The van der Waals surface area contributed by atoms with Crippen LogP contribution in [0.1, 0.15) is 30.9 Å². The highest BCUT2D eigenvalue weighted by atomic mass is 16.5. The van der Waals surface area contributed by atoms with E-state index in [1.54, 1.807) is 12.2 Å². The molecule has 4 heteroatoms. The van der Waals surface area contributed by atoms with Crippen LogP contribution in [-0.2, 0) is 19.1 Å². The maximum absolute atomic E-state index is 12.1. The minimum absolute atomic E-state index is 0.369. The smallest absolute Gasteiger partial charge is 0.374 e. The summed E-state index contributed by atoms with van der Waals surface area (Å²) in [7, 11) is 1.11. The molecule has 1 aromatic rings. The molecule has 0 amide bonds. The topological polar surface area (TPSA) is 60.4 Å². The van der Waals surface area contributed by atoms with Gasteiger partial charge >= 0.3 is 5.97 Å². The number of Topliss-reactive ketones (excluding diaryl/α,β-unsaturated/α-hetero) is 2. The lowest BCUT2D eigenvalue weighted by Crippen LogP contribution is -2.20. The number of ether oxygens (including phenoxy) is 1. The zero-order chi connectivity index (χ0) is 15.8. The Hall–Kier alpha value is -2.49. The van der Waals surface area contributed by atoms with Gasteiger partial charge in [0.15, 0.2) is 5.78 Å². The highest BCUT2D eigenvalue weighted by Crippen LogP contribution is 2.17. The Labute approximate surface area is 124 Å². The summed E-state index contributed by atoms with van der Waals surface area (Å²) in [4.78, 5) is 34.6. The minimum Gasteiger partial charge on any atom is -0.463 e. The van der Waals surface area contributed by atoms with E-state index in [1.165, 1.54) is 0 Å². The van der Waals surface area contributed by atoms with E-state index in [9.17, 15) is 14.4 Å². The lowest BCUT2D eigenvalue weighted by Gasteiger charge is -2.05. The summed E-state index contributed by atoms with van der Waals surface area (Å²) >= 11 is 0. The molecule has 0 spiro atoms. The number of esters is 1. The Morgan fingerprint density at radius 3 is 2.29 bits per heavy atom.